The van der Waals surface area contributed by atoms with E-state index < -0.39 is 0 Å². The fourth-order valence-corrected chi connectivity index (χ4v) is 1.32. The van der Waals surface area contributed by atoms with Crippen molar-refractivity contribution in [2.24, 2.45) is 0 Å². The number of hydrogen-bond acceptors (Lipinski definition) is 6. The topological polar surface area (TPSA) is 68.9 Å². The van der Waals surface area contributed by atoms with Crippen molar-refractivity contribution in [3.63, 3.8) is 0 Å². The highest BCUT2D eigenvalue weighted by atomic mass is 35.5. The summed E-state index contributed by atoms with van der Waals surface area (Å²) in [6.07, 6.45) is 1.91. The Morgan fingerprint density at radius 1 is 1.19 bits per heavy atom. The van der Waals surface area contributed by atoms with Gasteiger partial charge in [-0.2, -0.15) is 20.2 Å². The van der Waals surface area contributed by atoms with Crippen LogP contribution >= 0.6 is 11.6 Å². The molecule has 0 atom stereocenters. The SMILES string of the molecule is CCN(CC)c1nc(Cl)nc(N(C)C#N)n1. The van der Waals surface area contributed by atoms with Crippen LogP contribution in [0.1, 0.15) is 13.8 Å². The van der Waals surface area contributed by atoms with E-state index in [1.807, 2.05) is 24.9 Å². The Bertz CT molecular complexity index is 397. The maximum absolute atomic E-state index is 8.74. The van der Waals surface area contributed by atoms with E-state index in [9.17, 15) is 0 Å². The second kappa shape index (κ2) is 5.47. The number of anilines is 2. The minimum absolute atomic E-state index is 0.0917. The van der Waals surface area contributed by atoms with Crippen LogP contribution in [0.15, 0.2) is 0 Å². The number of halogens is 1. The molecule has 86 valence electrons. The summed E-state index contributed by atoms with van der Waals surface area (Å²) >= 11 is 5.78. The highest BCUT2D eigenvalue weighted by molar-refractivity contribution is 6.28. The van der Waals surface area contributed by atoms with Gasteiger partial charge in [-0.05, 0) is 25.4 Å². The monoisotopic (exact) mass is 240 g/mol. The van der Waals surface area contributed by atoms with Crippen molar-refractivity contribution in [1.29, 1.82) is 5.26 Å². The van der Waals surface area contributed by atoms with E-state index in [-0.39, 0.29) is 11.2 Å². The van der Waals surface area contributed by atoms with Gasteiger partial charge in [-0.1, -0.05) is 0 Å². The molecule has 0 N–H and O–H groups in total. The van der Waals surface area contributed by atoms with E-state index in [0.717, 1.165) is 13.1 Å². The van der Waals surface area contributed by atoms with Gasteiger partial charge in [-0.3, -0.25) is 4.90 Å². The van der Waals surface area contributed by atoms with Crippen LogP contribution in [0.2, 0.25) is 5.28 Å². The maximum atomic E-state index is 8.74. The van der Waals surface area contributed by atoms with E-state index in [4.69, 9.17) is 16.9 Å². The molecule has 0 aliphatic heterocycles. The van der Waals surface area contributed by atoms with Gasteiger partial charge in [0.25, 0.3) is 0 Å². The van der Waals surface area contributed by atoms with Gasteiger partial charge in [0.15, 0.2) is 6.19 Å². The third-order valence-electron chi connectivity index (χ3n) is 2.08. The lowest BCUT2D eigenvalue weighted by atomic mass is 10.5. The average molecular weight is 241 g/mol. The van der Waals surface area contributed by atoms with Crippen molar-refractivity contribution in [1.82, 2.24) is 15.0 Å². The van der Waals surface area contributed by atoms with Crippen molar-refractivity contribution in [3.05, 3.63) is 5.28 Å². The molecule has 0 saturated carbocycles. The molecule has 0 aliphatic carbocycles. The number of nitrogens with zero attached hydrogens (tertiary/aromatic N) is 6. The fraction of sp³-hybridized carbons (Fsp3) is 0.556. The van der Waals surface area contributed by atoms with Gasteiger partial charge in [0, 0.05) is 20.1 Å². The van der Waals surface area contributed by atoms with E-state index in [1.54, 1.807) is 7.05 Å². The zero-order valence-corrected chi connectivity index (χ0v) is 10.2. The largest absolute Gasteiger partial charge is 0.341 e. The van der Waals surface area contributed by atoms with E-state index >= 15 is 0 Å². The molecule has 0 aliphatic rings. The third kappa shape index (κ3) is 2.70. The fourth-order valence-electron chi connectivity index (χ4n) is 1.17. The number of hydrogen-bond donors (Lipinski definition) is 0. The van der Waals surface area contributed by atoms with Crippen LogP contribution in [-0.2, 0) is 0 Å². The van der Waals surface area contributed by atoms with Gasteiger partial charge >= 0.3 is 0 Å². The Labute approximate surface area is 99.5 Å². The first-order chi connectivity index (χ1) is 7.62. The summed E-state index contributed by atoms with van der Waals surface area (Å²) in [5.41, 5.74) is 0. The Morgan fingerprint density at radius 3 is 2.25 bits per heavy atom. The summed E-state index contributed by atoms with van der Waals surface area (Å²) in [7, 11) is 1.57. The van der Waals surface area contributed by atoms with Crippen molar-refractivity contribution < 1.29 is 0 Å². The molecule has 0 spiro atoms. The molecule has 1 aromatic heterocycles. The molecule has 6 nitrogen and oxygen atoms in total. The van der Waals surface area contributed by atoms with Crippen LogP contribution in [0.3, 0.4) is 0 Å². The molecule has 0 unspecified atom stereocenters. The Hall–Kier alpha value is -1.61. The van der Waals surface area contributed by atoms with Crippen molar-refractivity contribution in [2.75, 3.05) is 29.9 Å². The second-order valence-corrected chi connectivity index (χ2v) is 3.37. The Kier molecular flexibility index (Phi) is 4.26. The molecular weight excluding hydrogens is 228 g/mol. The summed E-state index contributed by atoms with van der Waals surface area (Å²) in [5, 5.41) is 8.83. The van der Waals surface area contributed by atoms with E-state index in [0.29, 0.717) is 5.95 Å². The molecule has 0 bridgehead atoms. The van der Waals surface area contributed by atoms with Crippen LogP contribution in [0, 0.1) is 11.5 Å². The highest BCUT2D eigenvalue weighted by Crippen LogP contribution is 2.15. The summed E-state index contributed by atoms with van der Waals surface area (Å²) in [4.78, 5) is 15.2. The van der Waals surface area contributed by atoms with Gasteiger partial charge in [-0.15, -0.1) is 0 Å². The summed E-state index contributed by atoms with van der Waals surface area (Å²) < 4.78 is 0. The minimum Gasteiger partial charge on any atom is -0.341 e. The van der Waals surface area contributed by atoms with Gasteiger partial charge in [0.1, 0.15) is 0 Å². The number of nitriles is 1. The Balaban J connectivity index is 3.12. The third-order valence-corrected chi connectivity index (χ3v) is 2.25. The van der Waals surface area contributed by atoms with E-state index in [1.165, 1.54) is 4.90 Å². The molecule has 1 heterocycles. The van der Waals surface area contributed by atoms with Crippen LogP contribution in [-0.4, -0.2) is 35.1 Å². The van der Waals surface area contributed by atoms with Crippen molar-refractivity contribution >= 4 is 23.5 Å². The van der Waals surface area contributed by atoms with Gasteiger partial charge < -0.3 is 4.90 Å². The summed E-state index contributed by atoms with van der Waals surface area (Å²) in [6, 6.07) is 0. The zero-order valence-electron chi connectivity index (χ0n) is 9.48. The summed E-state index contributed by atoms with van der Waals surface area (Å²) in [5.74, 6) is 0.742. The average Bonchev–Trinajstić information content (AvgIpc) is 2.29. The smallest absolute Gasteiger partial charge is 0.244 e. The van der Waals surface area contributed by atoms with Crippen molar-refractivity contribution in [3.8, 4) is 6.19 Å². The molecule has 0 saturated heterocycles. The van der Waals surface area contributed by atoms with Gasteiger partial charge in [0.05, 0.1) is 0 Å². The lowest BCUT2D eigenvalue weighted by Gasteiger charge is -2.19. The van der Waals surface area contributed by atoms with Crippen LogP contribution < -0.4 is 9.80 Å². The molecule has 0 fully saturated rings. The minimum atomic E-state index is 0.0917. The molecular formula is C9H13ClN6. The first-order valence-corrected chi connectivity index (χ1v) is 5.30. The second-order valence-electron chi connectivity index (χ2n) is 3.04. The molecule has 16 heavy (non-hydrogen) atoms. The molecule has 0 radical (unpaired) electrons. The lowest BCUT2D eigenvalue weighted by Crippen LogP contribution is -2.25. The van der Waals surface area contributed by atoms with Crippen LogP contribution in [0.25, 0.3) is 0 Å². The van der Waals surface area contributed by atoms with Crippen LogP contribution in [0.5, 0.6) is 0 Å². The number of aromatic nitrogens is 3. The van der Waals surface area contributed by atoms with Crippen LogP contribution in [0.4, 0.5) is 11.9 Å². The quantitative estimate of drug-likeness (QED) is 0.584. The van der Waals surface area contributed by atoms with Crippen molar-refractivity contribution in [2.45, 2.75) is 13.8 Å². The lowest BCUT2D eigenvalue weighted by molar-refractivity contribution is 0.808. The predicted molar refractivity (Wildman–Crippen MR) is 62.4 cm³/mol. The normalized spacial score (nSPS) is 9.69. The van der Waals surface area contributed by atoms with Gasteiger partial charge in [0.2, 0.25) is 17.2 Å². The zero-order chi connectivity index (χ0) is 12.1. The molecule has 0 amide bonds. The molecule has 1 rings (SSSR count). The highest BCUT2D eigenvalue weighted by Gasteiger charge is 2.12. The predicted octanol–water partition coefficient (Wildman–Crippen LogP) is 1.29. The van der Waals surface area contributed by atoms with E-state index in [2.05, 4.69) is 15.0 Å². The van der Waals surface area contributed by atoms with Gasteiger partial charge in [-0.25, -0.2) is 0 Å². The standard InChI is InChI=1S/C9H13ClN6/c1-4-16(5-2)9-13-7(10)12-8(14-9)15(3)6-11/h4-5H2,1-3H3. The number of rotatable bonds is 4. The Morgan fingerprint density at radius 2 is 1.75 bits per heavy atom. The molecule has 7 heteroatoms. The molecule has 1 aromatic rings. The maximum Gasteiger partial charge on any atom is 0.244 e. The first-order valence-electron chi connectivity index (χ1n) is 4.92. The molecule has 0 aromatic carbocycles. The summed E-state index contributed by atoms with van der Waals surface area (Å²) in [6.45, 7) is 5.53. The first kappa shape index (κ1) is 12.5.